The Kier molecular flexibility index (Phi) is 3.92. The Labute approximate surface area is 163 Å². The van der Waals surface area contributed by atoms with Gasteiger partial charge in [0, 0.05) is 11.5 Å². The molecule has 27 heavy (non-hydrogen) atoms. The highest BCUT2D eigenvalue weighted by atomic mass is 35.5. The molecule has 2 aromatic rings. The van der Waals surface area contributed by atoms with Crippen molar-refractivity contribution in [2.24, 2.45) is 23.2 Å². The fourth-order valence-electron chi connectivity index (χ4n) is 6.00. The third-order valence-electron chi connectivity index (χ3n) is 6.51. The van der Waals surface area contributed by atoms with Crippen LogP contribution in [0.3, 0.4) is 0 Å². The number of aromatic nitrogens is 1. The number of rotatable bonds is 5. The summed E-state index contributed by atoms with van der Waals surface area (Å²) in [5.41, 5.74) is 0.739. The second-order valence-electron chi connectivity index (χ2n) is 8.89. The fourth-order valence-corrected chi connectivity index (χ4v) is 6.71. The maximum Gasteiger partial charge on any atom is 0.231 e. The number of nitrogens with zero attached hydrogens (tertiary/aromatic N) is 1. The minimum atomic E-state index is -3.44. The summed E-state index contributed by atoms with van der Waals surface area (Å²) in [5.74, 6) is 3.33. The van der Waals surface area contributed by atoms with E-state index >= 15 is 0 Å². The summed E-state index contributed by atoms with van der Waals surface area (Å²) in [5, 5.41) is 4.76. The molecule has 0 spiro atoms. The van der Waals surface area contributed by atoms with E-state index in [9.17, 15) is 8.42 Å². The lowest BCUT2D eigenvalue weighted by Crippen LogP contribution is -2.48. The lowest BCUT2D eigenvalue weighted by molar-refractivity contribution is -0.0745. The lowest BCUT2D eigenvalue weighted by atomic mass is 9.50. The quantitative estimate of drug-likeness (QED) is 0.787. The van der Waals surface area contributed by atoms with Gasteiger partial charge in [-0.2, -0.15) is 0 Å². The summed E-state index contributed by atoms with van der Waals surface area (Å²) in [6.45, 7) is 0.685. The molecule has 0 unspecified atom stereocenters. The van der Waals surface area contributed by atoms with Gasteiger partial charge in [0.05, 0.1) is 23.3 Å². The highest BCUT2D eigenvalue weighted by Gasteiger charge is 2.51. The Morgan fingerprint density at radius 1 is 1.22 bits per heavy atom. The summed E-state index contributed by atoms with van der Waals surface area (Å²) >= 11 is 6.42. The Morgan fingerprint density at radius 2 is 1.85 bits per heavy atom. The molecule has 4 bridgehead atoms. The zero-order valence-corrected chi connectivity index (χ0v) is 16.8. The Bertz CT molecular complexity index is 965. The Morgan fingerprint density at radius 3 is 2.44 bits per heavy atom. The van der Waals surface area contributed by atoms with Crippen LogP contribution in [0.15, 0.2) is 16.7 Å². The number of fused-ring (bicyclic) bond motifs is 1. The first-order valence-corrected chi connectivity index (χ1v) is 11.8. The van der Waals surface area contributed by atoms with E-state index < -0.39 is 10.0 Å². The molecule has 0 amide bonds. The monoisotopic (exact) mass is 410 g/mol. The van der Waals surface area contributed by atoms with Gasteiger partial charge in [-0.1, -0.05) is 16.8 Å². The molecule has 1 aromatic carbocycles. The average Bonchev–Trinajstić information content (AvgIpc) is 2.91. The molecule has 1 N–H and O–H groups in total. The lowest BCUT2D eigenvalue weighted by Gasteiger charge is -2.56. The number of nitrogens with one attached hydrogen (secondary N) is 1. The van der Waals surface area contributed by atoms with Crippen LogP contribution in [0.25, 0.3) is 11.0 Å². The van der Waals surface area contributed by atoms with E-state index in [1.807, 2.05) is 0 Å². The van der Waals surface area contributed by atoms with Crippen LogP contribution in [0, 0.1) is 23.2 Å². The molecule has 6 rings (SSSR count). The molecule has 6 nitrogen and oxygen atoms in total. The van der Waals surface area contributed by atoms with Crippen LogP contribution in [0.2, 0.25) is 5.02 Å². The zero-order valence-electron chi connectivity index (χ0n) is 15.2. The number of ether oxygens (including phenoxy) is 1. The molecule has 4 fully saturated rings. The first-order chi connectivity index (χ1) is 12.8. The predicted octanol–water partition coefficient (Wildman–Crippen LogP) is 4.45. The maximum absolute atomic E-state index is 11.5. The molecule has 4 aliphatic carbocycles. The summed E-state index contributed by atoms with van der Waals surface area (Å²) in [7, 11) is -3.44. The van der Waals surface area contributed by atoms with Crippen LogP contribution in [0.4, 0.5) is 5.82 Å². The molecule has 0 saturated heterocycles. The molecule has 8 heteroatoms. The highest BCUT2D eigenvalue weighted by molar-refractivity contribution is 7.92. The predicted molar refractivity (Wildman–Crippen MR) is 104 cm³/mol. The molecule has 146 valence electrons. The van der Waals surface area contributed by atoms with E-state index in [1.54, 1.807) is 12.1 Å². The molecule has 0 aliphatic heterocycles. The summed E-state index contributed by atoms with van der Waals surface area (Å²) < 4.78 is 36.7. The van der Waals surface area contributed by atoms with Gasteiger partial charge < -0.3 is 9.26 Å². The molecule has 1 heterocycles. The van der Waals surface area contributed by atoms with E-state index in [0.29, 0.717) is 28.3 Å². The Balaban J connectivity index is 1.37. The topological polar surface area (TPSA) is 81.4 Å². The minimum absolute atomic E-state index is 0.141. The van der Waals surface area contributed by atoms with Crippen molar-refractivity contribution in [3.8, 4) is 5.75 Å². The number of hydrogen-bond donors (Lipinski definition) is 1. The van der Waals surface area contributed by atoms with Crippen molar-refractivity contribution in [2.75, 3.05) is 17.6 Å². The molecule has 0 atom stereocenters. The van der Waals surface area contributed by atoms with E-state index in [0.717, 1.165) is 24.0 Å². The maximum atomic E-state index is 11.5. The van der Waals surface area contributed by atoms with Gasteiger partial charge in [-0.3, -0.25) is 4.72 Å². The normalized spacial score (nSPS) is 32.1. The van der Waals surface area contributed by atoms with Gasteiger partial charge in [-0.25, -0.2) is 8.42 Å². The summed E-state index contributed by atoms with van der Waals surface area (Å²) in [6, 6.07) is 3.36. The number of benzene rings is 1. The van der Waals surface area contributed by atoms with Gasteiger partial charge >= 0.3 is 0 Å². The highest BCUT2D eigenvalue weighted by Crippen LogP contribution is 2.60. The first-order valence-electron chi connectivity index (χ1n) is 9.48. The van der Waals surface area contributed by atoms with Crippen LogP contribution in [0.1, 0.15) is 38.5 Å². The second-order valence-corrected chi connectivity index (χ2v) is 11.0. The van der Waals surface area contributed by atoms with E-state index in [4.69, 9.17) is 20.9 Å². The Hall–Kier alpha value is -1.47. The zero-order chi connectivity index (χ0) is 18.8. The van der Waals surface area contributed by atoms with Crippen molar-refractivity contribution in [3.63, 3.8) is 0 Å². The summed E-state index contributed by atoms with van der Waals surface area (Å²) in [6.07, 6.45) is 9.08. The third kappa shape index (κ3) is 3.29. The molecule has 1 aromatic heterocycles. The van der Waals surface area contributed by atoms with Gasteiger partial charge in [-0.05, 0) is 62.3 Å². The van der Waals surface area contributed by atoms with Gasteiger partial charge in [0.15, 0.2) is 11.4 Å². The largest absolute Gasteiger partial charge is 0.491 e. The standard InChI is InChI=1S/C19H23ClN2O4S/c1-27(23,24)22-18-14-5-15(20)17(6-16(14)26-21-18)25-10-19-7-11-2-12(8-19)4-13(3-11)9-19/h5-6,11-13H,2-4,7-10H2,1H3,(H,21,22). The van der Waals surface area contributed by atoms with Crippen molar-refractivity contribution in [2.45, 2.75) is 38.5 Å². The van der Waals surface area contributed by atoms with E-state index in [-0.39, 0.29) is 11.2 Å². The number of anilines is 1. The van der Waals surface area contributed by atoms with Crippen molar-refractivity contribution in [3.05, 3.63) is 17.2 Å². The first kappa shape index (κ1) is 17.6. The average molecular weight is 411 g/mol. The number of sulfonamides is 1. The van der Waals surface area contributed by atoms with Crippen LogP contribution in [-0.4, -0.2) is 26.4 Å². The van der Waals surface area contributed by atoms with Crippen LogP contribution in [-0.2, 0) is 10.0 Å². The van der Waals surface area contributed by atoms with Gasteiger partial charge in [0.2, 0.25) is 10.0 Å². The molecule has 4 saturated carbocycles. The molecule has 4 aliphatic rings. The molecular formula is C19H23ClN2O4S. The van der Waals surface area contributed by atoms with Crippen LogP contribution in [0.5, 0.6) is 5.75 Å². The minimum Gasteiger partial charge on any atom is -0.491 e. The van der Waals surface area contributed by atoms with Crippen molar-refractivity contribution in [1.29, 1.82) is 0 Å². The SMILES string of the molecule is CS(=O)(=O)Nc1noc2cc(OCC34CC5CC(CC(C5)C3)C4)c(Cl)cc12. The summed E-state index contributed by atoms with van der Waals surface area (Å²) in [4.78, 5) is 0. The fraction of sp³-hybridized carbons (Fsp3) is 0.632. The van der Waals surface area contributed by atoms with Crippen molar-refractivity contribution >= 4 is 38.4 Å². The van der Waals surface area contributed by atoms with Crippen LogP contribution < -0.4 is 9.46 Å². The van der Waals surface area contributed by atoms with Gasteiger partial charge in [0.1, 0.15) is 5.75 Å². The van der Waals surface area contributed by atoms with E-state index in [2.05, 4.69) is 9.88 Å². The van der Waals surface area contributed by atoms with Crippen molar-refractivity contribution in [1.82, 2.24) is 5.16 Å². The number of halogens is 1. The number of hydrogen-bond acceptors (Lipinski definition) is 5. The van der Waals surface area contributed by atoms with Crippen molar-refractivity contribution < 1.29 is 17.7 Å². The van der Waals surface area contributed by atoms with Crippen LogP contribution >= 0.6 is 11.6 Å². The third-order valence-corrected chi connectivity index (χ3v) is 7.36. The van der Waals surface area contributed by atoms with Gasteiger partial charge in [0.25, 0.3) is 0 Å². The molecular weight excluding hydrogens is 388 g/mol. The smallest absolute Gasteiger partial charge is 0.231 e. The molecule has 0 radical (unpaired) electrons. The van der Waals surface area contributed by atoms with Gasteiger partial charge in [-0.15, -0.1) is 0 Å². The second kappa shape index (κ2) is 6.01. The van der Waals surface area contributed by atoms with E-state index in [1.165, 1.54) is 38.5 Å².